The average molecular weight is 167 g/mol. The number of nitrogens with one attached hydrogen (secondary N) is 2. The lowest BCUT2D eigenvalue weighted by molar-refractivity contribution is 0.419. The molecule has 0 aliphatic rings. The summed E-state index contributed by atoms with van der Waals surface area (Å²) in [6, 6.07) is 0. The molecule has 0 heterocycles. The van der Waals surface area contributed by atoms with E-state index in [1.807, 2.05) is 0 Å². The molecule has 0 aromatic carbocycles. The van der Waals surface area contributed by atoms with E-state index in [0.29, 0.717) is 0 Å². The predicted octanol–water partition coefficient (Wildman–Crippen LogP) is 1.19. The Bertz CT molecular complexity index is 48.1. The van der Waals surface area contributed by atoms with E-state index in [2.05, 4.69) is 46.8 Å². The van der Waals surface area contributed by atoms with Gasteiger partial charge in [0.15, 0.2) is 0 Å². The molecule has 0 saturated carbocycles. The molecule has 0 aliphatic carbocycles. The van der Waals surface area contributed by atoms with Gasteiger partial charge in [-0.05, 0) is 20.8 Å². The van der Waals surface area contributed by atoms with Gasteiger partial charge in [-0.3, -0.25) is 0 Å². The summed E-state index contributed by atoms with van der Waals surface area (Å²) in [7, 11) is 0. The molecule has 3 heteroatoms. The van der Waals surface area contributed by atoms with Crippen LogP contribution in [0.25, 0.3) is 0 Å². The third-order valence-electron chi connectivity index (χ3n) is 0.422. The molecule has 2 nitrogen and oxygen atoms in total. The van der Waals surface area contributed by atoms with Gasteiger partial charge in [-0.25, -0.2) is 5.43 Å². The van der Waals surface area contributed by atoms with Crippen molar-refractivity contribution in [1.82, 2.24) is 9.88 Å². The molecule has 0 saturated heterocycles. The van der Waals surface area contributed by atoms with Crippen LogP contribution in [0, 0.1) is 0 Å². The normalized spacial score (nSPS) is 12.0. The third kappa shape index (κ3) is 6.40. The molecule has 2 N–H and O–H groups in total. The Labute approximate surface area is 53.0 Å². The molecule has 0 bridgehead atoms. The minimum absolute atomic E-state index is 0.142. The van der Waals surface area contributed by atoms with Gasteiger partial charge in [-0.1, -0.05) is 0 Å². The zero-order chi connectivity index (χ0) is 5.91. The van der Waals surface area contributed by atoms with Gasteiger partial charge in [-0.15, -0.1) is 0 Å². The summed E-state index contributed by atoms with van der Waals surface area (Å²) < 4.78 is 2.67. The molecule has 0 fully saturated rings. The molecule has 0 spiro atoms. The lowest BCUT2D eigenvalue weighted by atomic mass is 10.1. The summed E-state index contributed by atoms with van der Waals surface area (Å²) >= 11 is 3.02. The fraction of sp³-hybridized carbons (Fsp3) is 1.00. The molecule has 0 aromatic rings. The smallest absolute Gasteiger partial charge is 0.0253 e. The van der Waals surface area contributed by atoms with Gasteiger partial charge in [0, 0.05) is 21.7 Å². The van der Waals surface area contributed by atoms with E-state index >= 15 is 0 Å². The van der Waals surface area contributed by atoms with E-state index in [1.54, 1.807) is 0 Å². The summed E-state index contributed by atoms with van der Waals surface area (Å²) in [5.41, 5.74) is 3.09. The van der Waals surface area contributed by atoms with E-state index < -0.39 is 0 Å². The van der Waals surface area contributed by atoms with Crippen molar-refractivity contribution in [2.45, 2.75) is 26.3 Å². The monoisotopic (exact) mass is 166 g/mol. The van der Waals surface area contributed by atoms with Gasteiger partial charge in [0.1, 0.15) is 0 Å². The minimum atomic E-state index is 0.142. The van der Waals surface area contributed by atoms with Crippen LogP contribution < -0.4 is 9.88 Å². The van der Waals surface area contributed by atoms with Crippen molar-refractivity contribution in [3.63, 3.8) is 0 Å². The van der Waals surface area contributed by atoms with Gasteiger partial charge in [0.05, 0.1) is 0 Å². The van der Waals surface area contributed by atoms with Crippen LogP contribution in [-0.4, -0.2) is 5.54 Å². The van der Waals surface area contributed by atoms with E-state index in [1.165, 1.54) is 0 Å². The standard InChI is InChI=1S/C4H11BrN2/c1-4(2,3)6-7-5/h6-7H,1-3H3. The zero-order valence-electron chi connectivity index (χ0n) is 4.88. The first kappa shape index (κ1) is 7.40. The van der Waals surface area contributed by atoms with Crippen molar-refractivity contribution in [1.29, 1.82) is 0 Å². The van der Waals surface area contributed by atoms with Crippen LogP contribution in [0.5, 0.6) is 0 Å². The Morgan fingerprint density at radius 2 is 1.71 bits per heavy atom. The van der Waals surface area contributed by atoms with Crippen LogP contribution >= 0.6 is 16.1 Å². The van der Waals surface area contributed by atoms with Gasteiger partial charge in [0.2, 0.25) is 0 Å². The van der Waals surface area contributed by atoms with Gasteiger partial charge >= 0.3 is 0 Å². The van der Waals surface area contributed by atoms with Crippen LogP contribution in [-0.2, 0) is 0 Å². The second kappa shape index (κ2) is 2.64. The fourth-order valence-corrected chi connectivity index (χ4v) is 0.736. The second-order valence-corrected chi connectivity index (χ2v) is 2.87. The molecule has 7 heavy (non-hydrogen) atoms. The summed E-state index contributed by atoms with van der Waals surface area (Å²) in [6.07, 6.45) is 0. The highest BCUT2D eigenvalue weighted by Gasteiger charge is 2.05. The van der Waals surface area contributed by atoms with Crippen LogP contribution in [0.1, 0.15) is 20.8 Å². The van der Waals surface area contributed by atoms with Gasteiger partial charge in [0.25, 0.3) is 0 Å². The Hall–Kier alpha value is 0.400. The summed E-state index contributed by atoms with van der Waals surface area (Å²) in [6.45, 7) is 6.21. The molecule has 0 aliphatic heterocycles. The van der Waals surface area contributed by atoms with E-state index in [-0.39, 0.29) is 5.54 Å². The largest absolute Gasteiger partial charge is 0.242 e. The Kier molecular flexibility index (Phi) is 2.80. The maximum absolute atomic E-state index is 3.02. The number of hydrazine groups is 1. The molecular weight excluding hydrogens is 156 g/mol. The van der Waals surface area contributed by atoms with Gasteiger partial charge < -0.3 is 0 Å². The van der Waals surface area contributed by atoms with Crippen molar-refractivity contribution in [2.75, 3.05) is 0 Å². The van der Waals surface area contributed by atoms with Crippen LogP contribution in [0.2, 0.25) is 0 Å². The Balaban J connectivity index is 3.15. The van der Waals surface area contributed by atoms with Crippen molar-refractivity contribution in [3.05, 3.63) is 0 Å². The van der Waals surface area contributed by atoms with E-state index in [9.17, 15) is 0 Å². The predicted molar refractivity (Wildman–Crippen MR) is 35.0 cm³/mol. The van der Waals surface area contributed by atoms with Crippen LogP contribution in [0.15, 0.2) is 0 Å². The highest BCUT2D eigenvalue weighted by molar-refractivity contribution is 9.08. The SMILES string of the molecule is CC(C)(C)NNBr. The highest BCUT2D eigenvalue weighted by Crippen LogP contribution is 1.95. The number of rotatable bonds is 1. The third-order valence-corrected chi connectivity index (χ3v) is 0.620. The summed E-state index contributed by atoms with van der Waals surface area (Å²) in [4.78, 5) is 0. The van der Waals surface area contributed by atoms with Crippen LogP contribution in [0.3, 0.4) is 0 Å². The van der Waals surface area contributed by atoms with Crippen molar-refractivity contribution in [2.24, 2.45) is 0 Å². The van der Waals surface area contributed by atoms with Crippen molar-refractivity contribution in [3.8, 4) is 0 Å². The molecule has 0 amide bonds. The molecule has 0 aromatic heterocycles. The maximum Gasteiger partial charge on any atom is 0.0253 e. The summed E-state index contributed by atoms with van der Waals surface area (Å²) in [5, 5.41) is 0. The second-order valence-electron chi connectivity index (χ2n) is 2.47. The Morgan fingerprint density at radius 1 is 1.29 bits per heavy atom. The van der Waals surface area contributed by atoms with Crippen LogP contribution in [0.4, 0.5) is 0 Å². The van der Waals surface area contributed by atoms with Gasteiger partial charge in [-0.2, -0.15) is 4.45 Å². The van der Waals surface area contributed by atoms with Crippen molar-refractivity contribution < 1.29 is 0 Å². The Morgan fingerprint density at radius 3 is 1.71 bits per heavy atom. The number of hydrogen-bond acceptors (Lipinski definition) is 2. The first-order valence-electron chi connectivity index (χ1n) is 2.19. The maximum atomic E-state index is 3.02. The first-order valence-corrected chi connectivity index (χ1v) is 2.98. The number of halogens is 1. The zero-order valence-corrected chi connectivity index (χ0v) is 6.46. The summed E-state index contributed by atoms with van der Waals surface area (Å²) in [5.74, 6) is 0. The van der Waals surface area contributed by atoms with Crippen molar-refractivity contribution >= 4 is 16.1 Å². The molecule has 0 radical (unpaired) electrons. The molecule has 44 valence electrons. The highest BCUT2D eigenvalue weighted by atomic mass is 79.9. The molecule has 0 rings (SSSR count). The first-order chi connectivity index (χ1) is 3.06. The van der Waals surface area contributed by atoms with E-state index in [4.69, 9.17) is 0 Å². The molecule has 0 unspecified atom stereocenters. The topological polar surface area (TPSA) is 24.1 Å². The minimum Gasteiger partial charge on any atom is -0.242 e. The molecule has 0 atom stereocenters. The number of hydrogen-bond donors (Lipinski definition) is 2. The fourth-order valence-electron chi connectivity index (χ4n) is 0.142. The lowest BCUT2D eigenvalue weighted by Gasteiger charge is -2.17. The van der Waals surface area contributed by atoms with E-state index in [0.717, 1.165) is 0 Å². The average Bonchev–Trinajstić information content (AvgIpc) is 1.30. The lowest BCUT2D eigenvalue weighted by Crippen LogP contribution is -2.40. The quantitative estimate of drug-likeness (QED) is 0.452. The molecular formula is C4H11BrN2.